The summed E-state index contributed by atoms with van der Waals surface area (Å²) in [6.45, 7) is 4.13. The van der Waals surface area contributed by atoms with E-state index in [4.69, 9.17) is 18.7 Å². The van der Waals surface area contributed by atoms with Crippen LogP contribution in [0.25, 0.3) is 33.7 Å². The lowest BCUT2D eigenvalue weighted by Gasteiger charge is -2.08. The van der Waals surface area contributed by atoms with E-state index >= 15 is 0 Å². The molecule has 4 rings (SSSR count). The highest BCUT2D eigenvalue weighted by molar-refractivity contribution is 5.90. The second-order valence-corrected chi connectivity index (χ2v) is 6.82. The molecule has 3 aromatic carbocycles. The third-order valence-corrected chi connectivity index (χ3v) is 4.92. The summed E-state index contributed by atoms with van der Waals surface area (Å²) in [5.74, 6) is 3.03. The minimum Gasteiger partial charge on any atom is -0.497 e. The van der Waals surface area contributed by atoms with Gasteiger partial charge in [0.2, 0.25) is 0 Å². The van der Waals surface area contributed by atoms with Crippen LogP contribution in [-0.4, -0.2) is 26.0 Å². The first kappa shape index (κ1) is 20.3. The molecule has 0 atom stereocenters. The third kappa shape index (κ3) is 4.31. The lowest BCUT2D eigenvalue weighted by atomic mass is 9.96. The van der Waals surface area contributed by atoms with Gasteiger partial charge in [0.1, 0.15) is 29.5 Å². The predicted octanol–water partition coefficient (Wildman–Crippen LogP) is 6.26. The predicted molar refractivity (Wildman–Crippen MR) is 122 cm³/mol. The first-order valence-corrected chi connectivity index (χ1v) is 9.86. The average molecular weight is 413 g/mol. The molecule has 0 aliphatic heterocycles. The first-order chi connectivity index (χ1) is 15.2. The number of rotatable bonds is 8. The van der Waals surface area contributed by atoms with Gasteiger partial charge >= 0.3 is 0 Å². The summed E-state index contributed by atoms with van der Waals surface area (Å²) in [6.07, 6.45) is 1.72. The van der Waals surface area contributed by atoms with E-state index < -0.39 is 0 Å². The molecule has 0 amide bonds. The van der Waals surface area contributed by atoms with Crippen molar-refractivity contribution in [3.05, 3.63) is 85.5 Å². The zero-order valence-corrected chi connectivity index (χ0v) is 17.5. The van der Waals surface area contributed by atoms with Crippen LogP contribution in [0.1, 0.15) is 0 Å². The number of ether oxygens (including phenoxy) is 3. The Morgan fingerprint density at radius 1 is 0.742 bits per heavy atom. The van der Waals surface area contributed by atoms with E-state index in [9.17, 15) is 0 Å². The molecule has 1 aromatic heterocycles. The van der Waals surface area contributed by atoms with E-state index in [-0.39, 0.29) is 0 Å². The van der Waals surface area contributed by atoms with Gasteiger partial charge in [0.15, 0.2) is 5.76 Å². The molecule has 0 saturated heterocycles. The van der Waals surface area contributed by atoms with E-state index in [1.807, 2.05) is 72.8 Å². The summed E-state index contributed by atoms with van der Waals surface area (Å²) in [6, 6.07) is 23.4. The zero-order valence-electron chi connectivity index (χ0n) is 17.5. The number of aromatic nitrogens is 1. The summed E-state index contributed by atoms with van der Waals surface area (Å²) in [5, 5.41) is 4.42. The molecule has 0 aliphatic rings. The molecule has 0 aliphatic carbocycles. The summed E-state index contributed by atoms with van der Waals surface area (Å²) >= 11 is 0. The van der Waals surface area contributed by atoms with E-state index in [1.165, 1.54) is 0 Å². The van der Waals surface area contributed by atoms with E-state index in [0.717, 1.165) is 45.2 Å². The van der Waals surface area contributed by atoms with Crippen molar-refractivity contribution in [3.8, 4) is 51.0 Å². The van der Waals surface area contributed by atoms with Crippen molar-refractivity contribution < 1.29 is 18.7 Å². The Balaban J connectivity index is 1.80. The summed E-state index contributed by atoms with van der Waals surface area (Å²) in [7, 11) is 3.30. The maximum atomic E-state index is 5.86. The fourth-order valence-electron chi connectivity index (χ4n) is 3.32. The Bertz CT molecular complexity index is 1140. The largest absolute Gasteiger partial charge is 0.497 e. The van der Waals surface area contributed by atoms with Crippen LogP contribution in [0.3, 0.4) is 0 Å². The van der Waals surface area contributed by atoms with Gasteiger partial charge in [-0.25, -0.2) is 0 Å². The Morgan fingerprint density at radius 3 is 1.81 bits per heavy atom. The van der Waals surface area contributed by atoms with Gasteiger partial charge in [-0.1, -0.05) is 29.9 Å². The smallest absolute Gasteiger partial charge is 0.175 e. The second-order valence-electron chi connectivity index (χ2n) is 6.82. The van der Waals surface area contributed by atoms with Gasteiger partial charge < -0.3 is 18.7 Å². The average Bonchev–Trinajstić information content (AvgIpc) is 3.28. The van der Waals surface area contributed by atoms with Gasteiger partial charge in [-0.2, -0.15) is 0 Å². The van der Waals surface area contributed by atoms with Crippen molar-refractivity contribution in [2.45, 2.75) is 0 Å². The molecule has 0 saturated carbocycles. The molecular weight excluding hydrogens is 390 g/mol. The minimum atomic E-state index is 0.459. The lowest BCUT2D eigenvalue weighted by molar-refractivity contribution is 0.363. The van der Waals surface area contributed by atoms with Crippen molar-refractivity contribution in [2.24, 2.45) is 0 Å². The highest BCUT2D eigenvalue weighted by Crippen LogP contribution is 2.41. The molecule has 31 heavy (non-hydrogen) atoms. The van der Waals surface area contributed by atoms with Crippen LogP contribution in [0.4, 0.5) is 0 Å². The SMILES string of the molecule is C=CCOc1ccc(-c2onc(-c3ccc(OC)cc3)c2-c2ccc(OC)cc2)cc1. The molecule has 0 N–H and O–H groups in total. The van der Waals surface area contributed by atoms with Crippen LogP contribution in [0, 0.1) is 0 Å². The molecule has 5 heteroatoms. The van der Waals surface area contributed by atoms with Gasteiger partial charge in [-0.3, -0.25) is 0 Å². The number of benzene rings is 3. The summed E-state index contributed by atoms with van der Waals surface area (Å²) in [4.78, 5) is 0. The maximum Gasteiger partial charge on any atom is 0.175 e. The molecule has 5 nitrogen and oxygen atoms in total. The number of hydrogen-bond acceptors (Lipinski definition) is 5. The molecule has 1 heterocycles. The standard InChI is InChI=1S/C26H23NO4/c1-4-17-30-23-15-9-20(10-16-23)26-24(18-5-11-21(28-2)12-6-18)25(27-31-26)19-7-13-22(29-3)14-8-19/h4-16H,1,17H2,2-3H3. The molecule has 4 aromatic rings. The van der Waals surface area contributed by atoms with Crippen molar-refractivity contribution in [3.63, 3.8) is 0 Å². The molecule has 0 spiro atoms. The van der Waals surface area contributed by atoms with E-state index in [0.29, 0.717) is 12.4 Å². The monoisotopic (exact) mass is 413 g/mol. The quantitative estimate of drug-likeness (QED) is 0.319. The Morgan fingerprint density at radius 2 is 1.26 bits per heavy atom. The highest BCUT2D eigenvalue weighted by Gasteiger charge is 2.21. The molecule has 0 fully saturated rings. The van der Waals surface area contributed by atoms with Crippen molar-refractivity contribution in [1.29, 1.82) is 0 Å². The van der Waals surface area contributed by atoms with Crippen LogP contribution in [0.2, 0.25) is 0 Å². The second kappa shape index (κ2) is 9.22. The van der Waals surface area contributed by atoms with Gasteiger partial charge in [-0.15, -0.1) is 0 Å². The van der Waals surface area contributed by atoms with Crippen LogP contribution < -0.4 is 14.2 Å². The van der Waals surface area contributed by atoms with Crippen LogP contribution >= 0.6 is 0 Å². The van der Waals surface area contributed by atoms with Crippen LogP contribution in [0.15, 0.2) is 90.0 Å². The first-order valence-electron chi connectivity index (χ1n) is 9.86. The van der Waals surface area contributed by atoms with Crippen LogP contribution in [0.5, 0.6) is 17.2 Å². The van der Waals surface area contributed by atoms with E-state index in [2.05, 4.69) is 11.7 Å². The molecule has 0 unspecified atom stereocenters. The minimum absolute atomic E-state index is 0.459. The number of methoxy groups -OCH3 is 2. The van der Waals surface area contributed by atoms with Gasteiger partial charge in [-0.05, 0) is 66.2 Å². The third-order valence-electron chi connectivity index (χ3n) is 4.92. The number of nitrogens with zero attached hydrogens (tertiary/aromatic N) is 1. The highest BCUT2D eigenvalue weighted by atomic mass is 16.5. The van der Waals surface area contributed by atoms with Crippen molar-refractivity contribution in [1.82, 2.24) is 5.16 Å². The van der Waals surface area contributed by atoms with Gasteiger partial charge in [0.25, 0.3) is 0 Å². The molecule has 156 valence electrons. The van der Waals surface area contributed by atoms with E-state index in [1.54, 1.807) is 20.3 Å². The number of hydrogen-bond donors (Lipinski definition) is 0. The summed E-state index contributed by atoms with van der Waals surface area (Å²) in [5.41, 5.74) is 4.49. The maximum absolute atomic E-state index is 5.86. The Hall–Kier alpha value is -3.99. The van der Waals surface area contributed by atoms with Gasteiger partial charge in [0.05, 0.1) is 19.8 Å². The van der Waals surface area contributed by atoms with Crippen LogP contribution in [-0.2, 0) is 0 Å². The molecule has 0 radical (unpaired) electrons. The fraction of sp³-hybridized carbons (Fsp3) is 0.115. The van der Waals surface area contributed by atoms with Crippen molar-refractivity contribution >= 4 is 0 Å². The normalized spacial score (nSPS) is 10.5. The lowest BCUT2D eigenvalue weighted by Crippen LogP contribution is -1.92. The van der Waals surface area contributed by atoms with Crippen molar-refractivity contribution in [2.75, 3.05) is 20.8 Å². The fourth-order valence-corrected chi connectivity index (χ4v) is 3.32. The molecular formula is C26H23NO4. The Labute approximate surface area is 181 Å². The van der Waals surface area contributed by atoms with Gasteiger partial charge in [0, 0.05) is 11.1 Å². The molecule has 0 bridgehead atoms. The Kier molecular flexibility index (Phi) is 6.03. The topological polar surface area (TPSA) is 53.7 Å². The summed E-state index contributed by atoms with van der Waals surface area (Å²) < 4.78 is 22.0. The zero-order chi connectivity index (χ0) is 21.6.